The van der Waals surface area contributed by atoms with Crippen LogP contribution < -0.4 is 14.4 Å². The first-order valence-electron chi connectivity index (χ1n) is 10.0. The largest absolute Gasteiger partial charge is 0.507 e. The summed E-state index contributed by atoms with van der Waals surface area (Å²) in [5.74, 6) is -1.88. The number of aliphatic hydroxyl groups is 1. The number of rotatable bonds is 5. The highest BCUT2D eigenvalue weighted by molar-refractivity contribution is 9.10. The fourth-order valence-corrected chi connectivity index (χ4v) is 5.04. The van der Waals surface area contributed by atoms with Gasteiger partial charge in [0.2, 0.25) is 0 Å². The number of carbonyl (C=O) groups excluding carboxylic acids is 2. The number of halogens is 3. The Hall–Kier alpha value is -3.00. The zero-order chi connectivity index (χ0) is 24.6. The molecule has 1 amide bonds. The molecule has 3 aromatic carbocycles. The van der Waals surface area contributed by atoms with E-state index in [0.29, 0.717) is 11.3 Å². The number of hydrogen-bond acceptors (Lipinski definition) is 5. The summed E-state index contributed by atoms with van der Waals surface area (Å²) in [6.07, 6.45) is 0. The van der Waals surface area contributed by atoms with Gasteiger partial charge in [-0.25, -0.2) is 0 Å². The van der Waals surface area contributed by atoms with Crippen molar-refractivity contribution in [2.24, 2.45) is 0 Å². The third-order valence-electron chi connectivity index (χ3n) is 5.44. The van der Waals surface area contributed by atoms with Crippen LogP contribution in [0.5, 0.6) is 11.5 Å². The topological polar surface area (TPSA) is 76.1 Å². The molecule has 1 atom stereocenters. The molecule has 174 valence electrons. The molecule has 0 saturated carbocycles. The molecular formula is C25H18BrCl2NO5. The van der Waals surface area contributed by atoms with Crippen LogP contribution in [-0.4, -0.2) is 31.0 Å². The number of anilines is 1. The summed E-state index contributed by atoms with van der Waals surface area (Å²) in [4.78, 5) is 27.9. The van der Waals surface area contributed by atoms with Crippen LogP contribution >= 0.6 is 39.1 Å². The van der Waals surface area contributed by atoms with E-state index in [1.54, 1.807) is 42.5 Å². The molecule has 1 aliphatic heterocycles. The number of aliphatic hydroxyl groups excluding tert-OH is 1. The van der Waals surface area contributed by atoms with E-state index < -0.39 is 23.5 Å². The van der Waals surface area contributed by atoms with Gasteiger partial charge in [0.1, 0.15) is 10.8 Å². The highest BCUT2D eigenvalue weighted by Gasteiger charge is 2.47. The minimum Gasteiger partial charge on any atom is -0.507 e. The molecule has 1 heterocycles. The van der Waals surface area contributed by atoms with Gasteiger partial charge in [0.15, 0.2) is 11.5 Å². The maximum absolute atomic E-state index is 13.3. The Balaban J connectivity index is 2.01. The molecule has 1 saturated heterocycles. The Morgan fingerprint density at radius 3 is 2.26 bits per heavy atom. The first-order valence-corrected chi connectivity index (χ1v) is 11.6. The van der Waals surface area contributed by atoms with Crippen LogP contribution in [0.2, 0.25) is 10.0 Å². The van der Waals surface area contributed by atoms with Crippen molar-refractivity contribution in [1.82, 2.24) is 0 Å². The van der Waals surface area contributed by atoms with Crippen molar-refractivity contribution in [3.05, 3.63) is 91.9 Å². The van der Waals surface area contributed by atoms with E-state index in [0.717, 1.165) is 4.47 Å². The summed E-state index contributed by atoms with van der Waals surface area (Å²) in [6.45, 7) is 0. The van der Waals surface area contributed by atoms with E-state index >= 15 is 0 Å². The number of Topliss-reactive ketones (excluding diaryl/α,β-unsaturated/α-hetero) is 1. The highest BCUT2D eigenvalue weighted by atomic mass is 79.9. The second kappa shape index (κ2) is 9.70. The third-order valence-corrected chi connectivity index (χ3v) is 6.56. The molecule has 1 aliphatic rings. The van der Waals surface area contributed by atoms with E-state index in [4.69, 9.17) is 32.7 Å². The lowest BCUT2D eigenvalue weighted by atomic mass is 9.94. The number of benzene rings is 3. The Morgan fingerprint density at radius 1 is 0.971 bits per heavy atom. The normalized spacial score (nSPS) is 17.2. The number of ether oxygens (including phenoxy) is 2. The molecule has 1 unspecified atom stereocenters. The minimum absolute atomic E-state index is 0.0246. The highest BCUT2D eigenvalue weighted by Crippen LogP contribution is 2.48. The number of hydrogen-bond donors (Lipinski definition) is 1. The summed E-state index contributed by atoms with van der Waals surface area (Å²) in [5.41, 5.74) is 1.06. The Morgan fingerprint density at radius 2 is 1.65 bits per heavy atom. The van der Waals surface area contributed by atoms with Gasteiger partial charge in [0, 0.05) is 10.2 Å². The molecular weight excluding hydrogens is 545 g/mol. The van der Waals surface area contributed by atoms with Crippen LogP contribution in [0.3, 0.4) is 0 Å². The summed E-state index contributed by atoms with van der Waals surface area (Å²) >= 11 is 16.1. The van der Waals surface area contributed by atoms with Crippen molar-refractivity contribution in [3.63, 3.8) is 0 Å². The van der Waals surface area contributed by atoms with Gasteiger partial charge in [-0.05, 0) is 29.8 Å². The fourth-order valence-electron chi connectivity index (χ4n) is 3.97. The molecule has 0 spiro atoms. The van der Waals surface area contributed by atoms with Crippen LogP contribution in [0.1, 0.15) is 17.2 Å². The molecule has 0 aromatic heterocycles. The van der Waals surface area contributed by atoms with Crippen molar-refractivity contribution in [2.45, 2.75) is 6.04 Å². The van der Waals surface area contributed by atoms with Gasteiger partial charge in [0.05, 0.1) is 36.4 Å². The Bertz CT molecular complexity index is 1330. The third kappa shape index (κ3) is 4.04. The summed E-state index contributed by atoms with van der Waals surface area (Å²) in [6, 6.07) is 16.4. The minimum atomic E-state index is -0.903. The molecule has 9 heteroatoms. The number of amides is 1. The molecule has 0 aliphatic carbocycles. The van der Waals surface area contributed by atoms with Crippen LogP contribution in [0.15, 0.2) is 70.7 Å². The summed E-state index contributed by atoms with van der Waals surface area (Å²) in [7, 11) is 2.76. The second-order valence-corrected chi connectivity index (χ2v) is 9.05. The van der Waals surface area contributed by atoms with Crippen molar-refractivity contribution in [1.29, 1.82) is 0 Å². The molecule has 3 aromatic rings. The SMILES string of the molecule is COc1c(Cl)cc(/C(O)=C2\C(=O)C(=O)N(c3cccc(Br)c3)C2c2ccccc2)c(OC)c1Cl. The Labute approximate surface area is 214 Å². The molecule has 0 bridgehead atoms. The van der Waals surface area contributed by atoms with E-state index in [2.05, 4.69) is 15.9 Å². The van der Waals surface area contributed by atoms with Gasteiger partial charge in [-0.2, -0.15) is 0 Å². The van der Waals surface area contributed by atoms with Crippen molar-refractivity contribution >= 4 is 62.3 Å². The number of nitrogens with zero attached hydrogens (tertiary/aromatic N) is 1. The van der Waals surface area contributed by atoms with Crippen LogP contribution in [0.25, 0.3) is 5.76 Å². The van der Waals surface area contributed by atoms with Gasteiger partial charge < -0.3 is 14.6 Å². The average molecular weight is 563 g/mol. The first kappa shape index (κ1) is 24.1. The molecule has 6 nitrogen and oxygen atoms in total. The van der Waals surface area contributed by atoms with Gasteiger partial charge >= 0.3 is 0 Å². The fraction of sp³-hybridized carbons (Fsp3) is 0.120. The lowest BCUT2D eigenvalue weighted by Crippen LogP contribution is -2.29. The van der Waals surface area contributed by atoms with Gasteiger partial charge in [-0.15, -0.1) is 0 Å². The quantitative estimate of drug-likeness (QED) is 0.221. The second-order valence-electron chi connectivity index (χ2n) is 7.35. The Kier molecular flexibility index (Phi) is 6.89. The van der Waals surface area contributed by atoms with E-state index in [1.165, 1.54) is 25.2 Å². The van der Waals surface area contributed by atoms with Crippen molar-refractivity contribution in [3.8, 4) is 11.5 Å². The van der Waals surface area contributed by atoms with Crippen LogP contribution in [0, 0.1) is 0 Å². The van der Waals surface area contributed by atoms with Gasteiger partial charge in [-0.3, -0.25) is 14.5 Å². The molecule has 4 rings (SSSR count). The first-order chi connectivity index (χ1) is 16.3. The van der Waals surface area contributed by atoms with E-state index in [-0.39, 0.29) is 32.7 Å². The molecule has 34 heavy (non-hydrogen) atoms. The predicted octanol–water partition coefficient (Wildman–Crippen LogP) is 6.40. The average Bonchev–Trinajstić information content (AvgIpc) is 3.09. The van der Waals surface area contributed by atoms with E-state index in [9.17, 15) is 14.7 Å². The van der Waals surface area contributed by atoms with Gasteiger partial charge in [-0.1, -0.05) is 75.5 Å². The maximum Gasteiger partial charge on any atom is 0.300 e. The zero-order valence-corrected chi connectivity index (χ0v) is 21.1. The van der Waals surface area contributed by atoms with Crippen molar-refractivity contribution in [2.75, 3.05) is 19.1 Å². The molecule has 0 radical (unpaired) electrons. The standard InChI is InChI=1S/C25H18BrCl2NO5/c1-33-23-16(12-17(27)24(34-2)19(23)28)21(30)18-20(13-7-4-3-5-8-13)29(25(32)22(18)31)15-10-6-9-14(26)11-15/h3-12,20,30H,1-2H3/b21-18+. The van der Waals surface area contributed by atoms with E-state index in [1.807, 2.05) is 12.1 Å². The number of methoxy groups -OCH3 is 2. The lowest BCUT2D eigenvalue weighted by Gasteiger charge is -2.26. The summed E-state index contributed by atoms with van der Waals surface area (Å²) in [5, 5.41) is 11.5. The maximum atomic E-state index is 13.3. The summed E-state index contributed by atoms with van der Waals surface area (Å²) < 4.78 is 11.4. The number of carbonyl (C=O) groups is 2. The predicted molar refractivity (Wildman–Crippen MR) is 135 cm³/mol. The lowest BCUT2D eigenvalue weighted by molar-refractivity contribution is -0.132. The molecule has 1 fully saturated rings. The number of ketones is 1. The van der Waals surface area contributed by atoms with Crippen LogP contribution in [-0.2, 0) is 9.59 Å². The van der Waals surface area contributed by atoms with Gasteiger partial charge in [0.25, 0.3) is 11.7 Å². The molecule has 1 N–H and O–H groups in total. The zero-order valence-electron chi connectivity index (χ0n) is 18.0. The monoisotopic (exact) mass is 561 g/mol. The van der Waals surface area contributed by atoms with Crippen molar-refractivity contribution < 1.29 is 24.2 Å². The smallest absolute Gasteiger partial charge is 0.300 e. The van der Waals surface area contributed by atoms with Crippen LogP contribution in [0.4, 0.5) is 5.69 Å².